The van der Waals surface area contributed by atoms with Gasteiger partial charge in [0, 0.05) is 31.1 Å². The summed E-state index contributed by atoms with van der Waals surface area (Å²) in [6.45, 7) is 0.943. The molecule has 11 nitrogen and oxygen atoms in total. The van der Waals surface area contributed by atoms with E-state index in [-0.39, 0.29) is 18.6 Å². The minimum absolute atomic E-state index is 0.0114. The first-order valence-corrected chi connectivity index (χ1v) is 10.7. The first kappa shape index (κ1) is 21.3. The highest BCUT2D eigenvalue weighted by Gasteiger charge is 2.36. The number of ether oxygens (including phenoxy) is 1. The summed E-state index contributed by atoms with van der Waals surface area (Å²) < 4.78 is 7.38. The van der Waals surface area contributed by atoms with Gasteiger partial charge in [0.15, 0.2) is 23.2 Å². The molecule has 170 valence electrons. The van der Waals surface area contributed by atoms with Crippen molar-refractivity contribution < 1.29 is 19.7 Å². The minimum Gasteiger partial charge on any atom is -0.394 e. The first-order chi connectivity index (χ1) is 16.1. The van der Waals surface area contributed by atoms with E-state index in [4.69, 9.17) is 10.00 Å². The van der Waals surface area contributed by atoms with Crippen molar-refractivity contribution in [2.75, 3.05) is 25.0 Å². The Bertz CT molecular complexity index is 1210. The monoisotopic (exact) mass is 449 g/mol. The van der Waals surface area contributed by atoms with Gasteiger partial charge in [0.25, 0.3) is 5.91 Å². The summed E-state index contributed by atoms with van der Waals surface area (Å²) in [6.07, 6.45) is 2.17. The Kier molecular flexibility index (Phi) is 5.63. The Morgan fingerprint density at radius 1 is 1.27 bits per heavy atom. The molecule has 5 rings (SSSR count). The molecule has 2 saturated heterocycles. The smallest absolute Gasteiger partial charge is 0.253 e. The van der Waals surface area contributed by atoms with Crippen molar-refractivity contribution in [3.63, 3.8) is 0 Å². The zero-order valence-electron chi connectivity index (χ0n) is 17.7. The number of aliphatic hydroxyl groups excluding tert-OH is 2. The SMILES string of the molecule is N#Cc1ccc(C(=O)N2CCC(Nc3ncnc4c3ncn4C3OC(CO)CC3O)C2)cc1. The number of aromatic nitrogens is 4. The first-order valence-electron chi connectivity index (χ1n) is 10.7. The third-order valence-corrected chi connectivity index (χ3v) is 6.08. The Hall–Kier alpha value is -3.59. The summed E-state index contributed by atoms with van der Waals surface area (Å²) in [5.41, 5.74) is 2.12. The Morgan fingerprint density at radius 3 is 2.82 bits per heavy atom. The number of nitrogens with zero attached hydrogens (tertiary/aromatic N) is 6. The second kappa shape index (κ2) is 8.74. The number of aliphatic hydroxyl groups is 2. The zero-order valence-corrected chi connectivity index (χ0v) is 17.7. The molecule has 3 N–H and O–H groups in total. The van der Waals surface area contributed by atoms with Crippen LogP contribution in [0, 0.1) is 11.3 Å². The fourth-order valence-corrected chi connectivity index (χ4v) is 4.37. The summed E-state index contributed by atoms with van der Waals surface area (Å²) in [7, 11) is 0. The second-order valence-corrected chi connectivity index (χ2v) is 8.25. The van der Waals surface area contributed by atoms with Crippen LogP contribution in [0.15, 0.2) is 36.9 Å². The number of nitrogens with one attached hydrogen (secondary N) is 1. The molecule has 4 heterocycles. The van der Waals surface area contributed by atoms with Gasteiger partial charge in [0.2, 0.25) is 0 Å². The minimum atomic E-state index is -0.775. The number of carbonyl (C=O) groups excluding carboxylic acids is 1. The van der Waals surface area contributed by atoms with Crippen molar-refractivity contribution in [2.24, 2.45) is 0 Å². The highest BCUT2D eigenvalue weighted by Crippen LogP contribution is 2.32. The number of nitriles is 1. The predicted molar refractivity (Wildman–Crippen MR) is 116 cm³/mol. The summed E-state index contributed by atoms with van der Waals surface area (Å²) in [5, 5.41) is 32.0. The molecular weight excluding hydrogens is 426 g/mol. The van der Waals surface area contributed by atoms with E-state index in [2.05, 4.69) is 26.3 Å². The maximum atomic E-state index is 12.8. The number of hydrogen-bond acceptors (Lipinski definition) is 9. The van der Waals surface area contributed by atoms with Gasteiger partial charge in [0.05, 0.1) is 30.7 Å². The van der Waals surface area contributed by atoms with Gasteiger partial charge in [-0.2, -0.15) is 5.26 Å². The number of hydrogen-bond donors (Lipinski definition) is 3. The maximum Gasteiger partial charge on any atom is 0.253 e. The highest BCUT2D eigenvalue weighted by atomic mass is 16.5. The number of anilines is 1. The average molecular weight is 449 g/mol. The van der Waals surface area contributed by atoms with Crippen LogP contribution in [-0.2, 0) is 4.74 Å². The van der Waals surface area contributed by atoms with E-state index < -0.39 is 18.4 Å². The number of amides is 1. The number of imidazole rings is 1. The Morgan fingerprint density at radius 2 is 2.09 bits per heavy atom. The van der Waals surface area contributed by atoms with Gasteiger partial charge >= 0.3 is 0 Å². The lowest BCUT2D eigenvalue weighted by Crippen LogP contribution is -2.31. The fourth-order valence-electron chi connectivity index (χ4n) is 4.37. The molecule has 4 atom stereocenters. The van der Waals surface area contributed by atoms with Gasteiger partial charge in [-0.05, 0) is 30.7 Å². The quantitative estimate of drug-likeness (QED) is 0.511. The fraction of sp³-hybridized carbons (Fsp3) is 0.409. The maximum absolute atomic E-state index is 12.8. The summed E-state index contributed by atoms with van der Waals surface area (Å²) in [5.74, 6) is 0.467. The third-order valence-electron chi connectivity index (χ3n) is 6.08. The topological polar surface area (TPSA) is 149 Å². The van der Waals surface area contributed by atoms with Crippen LogP contribution in [0.4, 0.5) is 5.82 Å². The zero-order chi connectivity index (χ0) is 22.9. The van der Waals surface area contributed by atoms with E-state index in [1.807, 2.05) is 0 Å². The van der Waals surface area contributed by atoms with E-state index in [9.17, 15) is 15.0 Å². The predicted octanol–water partition coefficient (Wildman–Crippen LogP) is 0.665. The summed E-state index contributed by atoms with van der Waals surface area (Å²) in [4.78, 5) is 27.6. The van der Waals surface area contributed by atoms with Crippen LogP contribution in [0.1, 0.15) is 35.0 Å². The third kappa shape index (κ3) is 4.00. The number of benzene rings is 1. The van der Waals surface area contributed by atoms with E-state index >= 15 is 0 Å². The van der Waals surface area contributed by atoms with Crippen LogP contribution < -0.4 is 5.32 Å². The van der Waals surface area contributed by atoms with Crippen LogP contribution >= 0.6 is 0 Å². The lowest BCUT2D eigenvalue weighted by molar-refractivity contribution is -0.0486. The van der Waals surface area contributed by atoms with E-state index in [1.54, 1.807) is 40.1 Å². The van der Waals surface area contributed by atoms with Crippen molar-refractivity contribution in [3.8, 4) is 6.07 Å². The Labute approximate surface area is 189 Å². The van der Waals surface area contributed by atoms with E-state index in [0.29, 0.717) is 47.6 Å². The van der Waals surface area contributed by atoms with Gasteiger partial charge in [-0.1, -0.05) is 0 Å². The van der Waals surface area contributed by atoms with Gasteiger partial charge in [-0.3, -0.25) is 9.36 Å². The summed E-state index contributed by atoms with van der Waals surface area (Å²) >= 11 is 0. The molecule has 0 radical (unpaired) electrons. The van der Waals surface area contributed by atoms with Crippen molar-refractivity contribution in [3.05, 3.63) is 48.0 Å². The highest BCUT2D eigenvalue weighted by molar-refractivity contribution is 5.94. The molecule has 0 bridgehead atoms. The molecule has 1 aromatic carbocycles. The molecule has 3 aromatic rings. The van der Waals surface area contributed by atoms with Crippen molar-refractivity contribution in [1.82, 2.24) is 24.4 Å². The van der Waals surface area contributed by atoms with Crippen LogP contribution in [-0.4, -0.2) is 78.5 Å². The number of carbonyl (C=O) groups is 1. The molecule has 0 spiro atoms. The molecule has 2 fully saturated rings. The second-order valence-electron chi connectivity index (χ2n) is 8.25. The number of likely N-dealkylation sites (tertiary alicyclic amines) is 1. The Balaban J connectivity index is 1.29. The molecule has 0 aliphatic carbocycles. The van der Waals surface area contributed by atoms with Crippen LogP contribution in [0.5, 0.6) is 0 Å². The van der Waals surface area contributed by atoms with Crippen LogP contribution in [0.3, 0.4) is 0 Å². The van der Waals surface area contributed by atoms with Crippen LogP contribution in [0.25, 0.3) is 11.2 Å². The van der Waals surface area contributed by atoms with Crippen LogP contribution in [0.2, 0.25) is 0 Å². The van der Waals surface area contributed by atoms with Gasteiger partial charge in [-0.15, -0.1) is 0 Å². The lowest BCUT2D eigenvalue weighted by atomic mass is 10.1. The molecule has 2 aliphatic rings. The molecular formula is C22H23N7O4. The average Bonchev–Trinajstić information content (AvgIpc) is 3.57. The van der Waals surface area contributed by atoms with Gasteiger partial charge in [-0.25, -0.2) is 15.0 Å². The molecule has 1 amide bonds. The molecule has 0 saturated carbocycles. The van der Waals surface area contributed by atoms with Crippen molar-refractivity contribution >= 4 is 22.9 Å². The van der Waals surface area contributed by atoms with E-state index in [1.165, 1.54) is 6.33 Å². The lowest BCUT2D eigenvalue weighted by Gasteiger charge is -2.18. The standard InChI is InChI=1S/C22H23N7O4/c23-8-13-1-3-14(4-2-13)21(32)28-6-5-15(9-28)27-19-18-20(25-11-24-19)29(12-26-18)22-17(31)7-16(10-30)33-22/h1-4,11-12,15-17,22,30-31H,5-7,9-10H2,(H,24,25,27). The normalized spacial score (nSPS) is 24.8. The largest absolute Gasteiger partial charge is 0.394 e. The van der Waals surface area contributed by atoms with Gasteiger partial charge < -0.3 is 25.2 Å². The number of fused-ring (bicyclic) bond motifs is 1. The van der Waals surface area contributed by atoms with E-state index in [0.717, 1.165) is 6.42 Å². The molecule has 33 heavy (non-hydrogen) atoms. The molecule has 2 aromatic heterocycles. The molecule has 4 unspecified atom stereocenters. The molecule has 11 heteroatoms. The number of rotatable bonds is 5. The van der Waals surface area contributed by atoms with Crippen molar-refractivity contribution in [1.29, 1.82) is 5.26 Å². The molecule has 2 aliphatic heterocycles. The van der Waals surface area contributed by atoms with Crippen molar-refractivity contribution in [2.45, 2.75) is 37.3 Å². The van der Waals surface area contributed by atoms with Gasteiger partial charge in [0.1, 0.15) is 12.4 Å². The summed E-state index contributed by atoms with van der Waals surface area (Å²) in [6, 6.07) is 8.66.